The summed E-state index contributed by atoms with van der Waals surface area (Å²) in [7, 11) is 0. The fraction of sp³-hybridized carbons (Fsp3) is 0.667. The van der Waals surface area contributed by atoms with Crippen LogP contribution in [0.2, 0.25) is 5.02 Å². The normalized spacial score (nSPS) is 20.7. The Kier molecular flexibility index (Phi) is 6.09. The van der Waals surface area contributed by atoms with Gasteiger partial charge in [-0.2, -0.15) is 0 Å². The maximum Gasteiger partial charge on any atom is 0.0499 e. The van der Waals surface area contributed by atoms with Crippen LogP contribution in [0.25, 0.3) is 0 Å². The van der Waals surface area contributed by atoms with Gasteiger partial charge in [0.05, 0.1) is 0 Å². The highest BCUT2D eigenvalue weighted by atomic mass is 35.5. The minimum absolute atomic E-state index is 0.182. The molecule has 1 aromatic carbocycles. The number of benzene rings is 1. The van der Waals surface area contributed by atoms with Crippen LogP contribution in [0.15, 0.2) is 24.3 Å². The molecule has 1 aromatic rings. The van der Waals surface area contributed by atoms with Crippen molar-refractivity contribution in [2.45, 2.75) is 52.1 Å². The largest absolute Gasteiger partial charge is 0.326 e. The van der Waals surface area contributed by atoms with E-state index in [1.165, 1.54) is 18.4 Å². The Balaban J connectivity index is 2.12. The van der Waals surface area contributed by atoms with Gasteiger partial charge in [-0.25, -0.2) is 0 Å². The molecule has 1 aliphatic rings. The average molecular weight is 309 g/mol. The monoisotopic (exact) mass is 308 g/mol. The van der Waals surface area contributed by atoms with E-state index in [4.69, 9.17) is 17.3 Å². The summed E-state index contributed by atoms with van der Waals surface area (Å²) in [6, 6.07) is 8.73. The molecule has 0 spiro atoms. The zero-order chi connectivity index (χ0) is 15.4. The van der Waals surface area contributed by atoms with Crippen LogP contribution in [0.1, 0.15) is 51.6 Å². The van der Waals surface area contributed by atoms with Gasteiger partial charge < -0.3 is 5.73 Å². The zero-order valence-corrected chi connectivity index (χ0v) is 14.3. The number of halogens is 1. The summed E-state index contributed by atoms with van der Waals surface area (Å²) in [5.74, 6) is 1.66. The lowest BCUT2D eigenvalue weighted by atomic mass is 9.85. The van der Waals surface area contributed by atoms with Crippen molar-refractivity contribution in [3.8, 4) is 0 Å². The van der Waals surface area contributed by atoms with Gasteiger partial charge in [-0.1, -0.05) is 44.5 Å². The smallest absolute Gasteiger partial charge is 0.0499 e. The maximum absolute atomic E-state index is 6.44. The lowest BCUT2D eigenvalue weighted by Gasteiger charge is -2.41. The lowest BCUT2D eigenvalue weighted by molar-refractivity contribution is 0.0993. The second kappa shape index (κ2) is 7.62. The highest BCUT2D eigenvalue weighted by Gasteiger charge is 2.30. The molecule has 0 radical (unpaired) electrons. The molecule has 1 saturated heterocycles. The lowest BCUT2D eigenvalue weighted by Crippen LogP contribution is -2.45. The van der Waals surface area contributed by atoms with Crippen LogP contribution in [-0.2, 0) is 0 Å². The molecule has 118 valence electrons. The van der Waals surface area contributed by atoms with Crippen molar-refractivity contribution in [3.63, 3.8) is 0 Å². The minimum Gasteiger partial charge on any atom is -0.326 e. The molecule has 0 aromatic heterocycles. The molecule has 2 unspecified atom stereocenters. The molecule has 0 amide bonds. The SMILES string of the molecule is CCC(N)C(c1ccc(Cl)cc1)N1CCC(C(C)C)CC1. The first kappa shape index (κ1) is 16.8. The number of likely N-dealkylation sites (tertiary alicyclic amines) is 1. The van der Waals surface area contributed by atoms with Crippen molar-refractivity contribution in [2.24, 2.45) is 17.6 Å². The molecule has 0 aliphatic carbocycles. The fourth-order valence-corrected chi connectivity index (χ4v) is 3.60. The Morgan fingerprint density at radius 3 is 2.24 bits per heavy atom. The molecule has 1 fully saturated rings. The second-order valence-corrected chi connectivity index (χ2v) is 7.12. The zero-order valence-electron chi connectivity index (χ0n) is 13.6. The summed E-state index contributed by atoms with van der Waals surface area (Å²) in [4.78, 5) is 2.58. The molecule has 0 bridgehead atoms. The molecule has 1 aliphatic heterocycles. The van der Waals surface area contributed by atoms with Crippen LogP contribution in [0, 0.1) is 11.8 Å². The molecule has 2 rings (SSSR count). The van der Waals surface area contributed by atoms with Gasteiger partial charge in [0.2, 0.25) is 0 Å². The van der Waals surface area contributed by atoms with E-state index in [0.717, 1.165) is 36.4 Å². The molecular weight excluding hydrogens is 280 g/mol. The van der Waals surface area contributed by atoms with Crippen molar-refractivity contribution in [2.75, 3.05) is 13.1 Å². The maximum atomic E-state index is 6.44. The summed E-state index contributed by atoms with van der Waals surface area (Å²) in [6.45, 7) is 9.17. The van der Waals surface area contributed by atoms with Gasteiger partial charge in [-0.3, -0.25) is 4.90 Å². The van der Waals surface area contributed by atoms with Gasteiger partial charge >= 0.3 is 0 Å². The highest BCUT2D eigenvalue weighted by Crippen LogP contribution is 2.32. The molecule has 21 heavy (non-hydrogen) atoms. The van der Waals surface area contributed by atoms with Gasteiger partial charge in [0.25, 0.3) is 0 Å². The van der Waals surface area contributed by atoms with Crippen LogP contribution in [0.5, 0.6) is 0 Å². The van der Waals surface area contributed by atoms with Crippen molar-refractivity contribution in [3.05, 3.63) is 34.9 Å². The average Bonchev–Trinajstić information content (AvgIpc) is 2.49. The van der Waals surface area contributed by atoms with Gasteiger partial charge in [-0.05, 0) is 61.9 Å². The van der Waals surface area contributed by atoms with E-state index in [1.54, 1.807) is 0 Å². The molecule has 1 heterocycles. The van der Waals surface area contributed by atoms with Crippen LogP contribution in [0.4, 0.5) is 0 Å². The van der Waals surface area contributed by atoms with Crippen LogP contribution in [0.3, 0.4) is 0 Å². The number of hydrogen-bond acceptors (Lipinski definition) is 2. The van der Waals surface area contributed by atoms with E-state index in [9.17, 15) is 0 Å². The Morgan fingerprint density at radius 1 is 1.19 bits per heavy atom. The van der Waals surface area contributed by atoms with Crippen LogP contribution >= 0.6 is 11.6 Å². The first-order chi connectivity index (χ1) is 10.0. The Bertz CT molecular complexity index is 421. The minimum atomic E-state index is 0.182. The van der Waals surface area contributed by atoms with E-state index in [2.05, 4.69) is 37.8 Å². The molecular formula is C18H29ClN2. The van der Waals surface area contributed by atoms with Crippen LogP contribution < -0.4 is 5.73 Å². The van der Waals surface area contributed by atoms with E-state index in [1.807, 2.05) is 12.1 Å². The van der Waals surface area contributed by atoms with Crippen molar-refractivity contribution >= 4 is 11.6 Å². The van der Waals surface area contributed by atoms with E-state index in [0.29, 0.717) is 6.04 Å². The van der Waals surface area contributed by atoms with Crippen molar-refractivity contribution in [1.29, 1.82) is 0 Å². The molecule has 3 heteroatoms. The highest BCUT2D eigenvalue weighted by molar-refractivity contribution is 6.30. The Morgan fingerprint density at radius 2 is 1.76 bits per heavy atom. The summed E-state index contributed by atoms with van der Waals surface area (Å²) >= 11 is 6.02. The van der Waals surface area contributed by atoms with E-state index in [-0.39, 0.29) is 6.04 Å². The fourth-order valence-electron chi connectivity index (χ4n) is 3.48. The Hall–Kier alpha value is -0.570. The first-order valence-electron chi connectivity index (χ1n) is 8.28. The number of piperidine rings is 1. The molecule has 0 saturated carbocycles. The Labute approximate surface area is 134 Å². The summed E-state index contributed by atoms with van der Waals surface area (Å²) < 4.78 is 0. The third-order valence-electron chi connectivity index (χ3n) is 5.00. The van der Waals surface area contributed by atoms with Gasteiger partial charge in [-0.15, -0.1) is 0 Å². The molecule has 2 nitrogen and oxygen atoms in total. The predicted octanol–water partition coefficient (Wildman–Crippen LogP) is 4.49. The standard InChI is InChI=1S/C18H29ClN2/c1-4-17(20)18(15-5-7-16(19)8-6-15)21-11-9-14(10-12-21)13(2)3/h5-8,13-14,17-18H,4,9-12,20H2,1-3H3. The van der Waals surface area contributed by atoms with Crippen molar-refractivity contribution in [1.82, 2.24) is 4.90 Å². The van der Waals surface area contributed by atoms with Crippen molar-refractivity contribution < 1.29 is 0 Å². The van der Waals surface area contributed by atoms with Crippen LogP contribution in [-0.4, -0.2) is 24.0 Å². The molecule has 2 N–H and O–H groups in total. The predicted molar refractivity (Wildman–Crippen MR) is 91.6 cm³/mol. The quantitative estimate of drug-likeness (QED) is 0.868. The number of nitrogens with two attached hydrogens (primary N) is 1. The third-order valence-corrected chi connectivity index (χ3v) is 5.25. The second-order valence-electron chi connectivity index (χ2n) is 6.69. The van der Waals surface area contributed by atoms with E-state index < -0.39 is 0 Å². The summed E-state index contributed by atoms with van der Waals surface area (Å²) in [5, 5.41) is 0.793. The van der Waals surface area contributed by atoms with E-state index >= 15 is 0 Å². The topological polar surface area (TPSA) is 29.3 Å². The third kappa shape index (κ3) is 4.21. The number of hydrogen-bond donors (Lipinski definition) is 1. The number of rotatable bonds is 5. The van der Waals surface area contributed by atoms with Gasteiger partial charge in [0.15, 0.2) is 0 Å². The summed E-state index contributed by atoms with van der Waals surface area (Å²) in [5.41, 5.74) is 7.74. The summed E-state index contributed by atoms with van der Waals surface area (Å²) in [6.07, 6.45) is 3.58. The van der Waals surface area contributed by atoms with Gasteiger partial charge in [0.1, 0.15) is 0 Å². The number of nitrogens with zero attached hydrogens (tertiary/aromatic N) is 1. The first-order valence-corrected chi connectivity index (χ1v) is 8.65. The van der Waals surface area contributed by atoms with Gasteiger partial charge in [0, 0.05) is 17.1 Å². The molecule has 2 atom stereocenters.